The molecule has 0 aliphatic heterocycles. The zero-order valence-electron chi connectivity index (χ0n) is 12.8. The molecule has 3 rings (SSSR count). The van der Waals surface area contributed by atoms with Crippen LogP contribution in [0, 0.1) is 0 Å². The van der Waals surface area contributed by atoms with Crippen molar-refractivity contribution in [2.75, 3.05) is 11.1 Å². The maximum atomic E-state index is 12.9. The lowest BCUT2D eigenvalue weighted by Crippen LogP contribution is -2.16. The van der Waals surface area contributed by atoms with Gasteiger partial charge in [-0.2, -0.15) is 13.2 Å². The van der Waals surface area contributed by atoms with Crippen LogP contribution in [0.25, 0.3) is 11.1 Å². The molecule has 1 N–H and O–H groups in total. The van der Waals surface area contributed by atoms with Crippen molar-refractivity contribution >= 4 is 34.5 Å². The molecule has 0 bridgehead atoms. The fraction of sp³-hybridized carbons (Fsp3) is 0.176. The molecule has 1 amide bonds. The molecule has 0 saturated carbocycles. The molecule has 0 unspecified atom stereocenters. The normalized spacial score (nSPS) is 11.6. The molecule has 0 radical (unpaired) electrons. The third kappa shape index (κ3) is 4.33. The van der Waals surface area contributed by atoms with E-state index in [4.69, 9.17) is 4.42 Å². The van der Waals surface area contributed by atoms with Gasteiger partial charge in [-0.3, -0.25) is 4.79 Å². The van der Waals surface area contributed by atoms with Crippen LogP contribution in [-0.2, 0) is 11.0 Å². The third-order valence-corrected chi connectivity index (χ3v) is 4.17. The number of carbonyl (C=O) groups excluding carboxylic acids is 1. The van der Waals surface area contributed by atoms with E-state index in [1.54, 1.807) is 6.07 Å². The van der Waals surface area contributed by atoms with Crippen LogP contribution < -0.4 is 5.32 Å². The average Bonchev–Trinajstić information content (AvgIpc) is 2.97. The largest absolute Gasteiger partial charge is 0.431 e. The molecule has 4 nitrogen and oxygen atoms in total. The Morgan fingerprint density at radius 1 is 1.12 bits per heavy atom. The summed E-state index contributed by atoms with van der Waals surface area (Å²) in [5.74, 6) is -0.160. The van der Waals surface area contributed by atoms with Gasteiger partial charge >= 0.3 is 6.18 Å². The maximum absolute atomic E-state index is 12.9. The number of benzene rings is 2. The molecule has 1 heterocycles. The predicted octanol–water partition coefficient (Wildman–Crippen LogP) is 4.97. The van der Waals surface area contributed by atoms with Crippen molar-refractivity contribution in [1.29, 1.82) is 0 Å². The quantitative estimate of drug-likeness (QED) is 0.648. The Kier molecular flexibility index (Phi) is 4.98. The Bertz CT molecular complexity index is 860. The van der Waals surface area contributed by atoms with Crippen molar-refractivity contribution in [2.45, 2.75) is 17.8 Å². The van der Waals surface area contributed by atoms with Crippen molar-refractivity contribution in [1.82, 2.24) is 4.98 Å². The summed E-state index contributed by atoms with van der Waals surface area (Å²) in [5.41, 5.74) is 0.254. The highest BCUT2D eigenvalue weighted by Crippen LogP contribution is 2.34. The van der Waals surface area contributed by atoms with Crippen molar-refractivity contribution < 1.29 is 22.4 Å². The Labute approximate surface area is 145 Å². The van der Waals surface area contributed by atoms with Crippen LogP contribution in [0.1, 0.15) is 12.0 Å². The van der Waals surface area contributed by atoms with E-state index in [1.165, 1.54) is 30.0 Å². The molecule has 0 aliphatic rings. The highest BCUT2D eigenvalue weighted by molar-refractivity contribution is 7.99. The molecular weight excluding hydrogens is 353 g/mol. The van der Waals surface area contributed by atoms with Gasteiger partial charge in [0.15, 0.2) is 5.58 Å². The second-order valence-electron chi connectivity index (χ2n) is 5.14. The number of halogens is 3. The molecule has 8 heteroatoms. The van der Waals surface area contributed by atoms with Crippen LogP contribution in [0.4, 0.5) is 18.9 Å². The smallest absolute Gasteiger partial charge is 0.418 e. The number of nitrogens with one attached hydrogen (secondary N) is 1. The minimum atomic E-state index is -4.52. The van der Waals surface area contributed by atoms with Gasteiger partial charge in [0.05, 0.1) is 11.3 Å². The van der Waals surface area contributed by atoms with E-state index in [1.807, 2.05) is 18.2 Å². The monoisotopic (exact) mass is 366 g/mol. The number of carbonyl (C=O) groups is 1. The maximum Gasteiger partial charge on any atom is 0.418 e. The zero-order valence-corrected chi connectivity index (χ0v) is 13.7. The van der Waals surface area contributed by atoms with Gasteiger partial charge < -0.3 is 9.73 Å². The van der Waals surface area contributed by atoms with Gasteiger partial charge in [-0.15, -0.1) is 0 Å². The van der Waals surface area contributed by atoms with Crippen LogP contribution in [0.5, 0.6) is 0 Å². The second kappa shape index (κ2) is 7.18. The van der Waals surface area contributed by atoms with Gasteiger partial charge in [-0.1, -0.05) is 36.0 Å². The number of oxazole rings is 1. The lowest BCUT2D eigenvalue weighted by Gasteiger charge is -2.13. The van der Waals surface area contributed by atoms with Crippen LogP contribution in [0.2, 0.25) is 0 Å². The number of anilines is 1. The van der Waals surface area contributed by atoms with Gasteiger partial charge in [0.1, 0.15) is 5.52 Å². The lowest BCUT2D eigenvalue weighted by molar-refractivity contribution is -0.137. The topological polar surface area (TPSA) is 55.1 Å². The number of aromatic nitrogens is 1. The number of thioether (sulfide) groups is 1. The van der Waals surface area contributed by atoms with E-state index in [0.29, 0.717) is 22.1 Å². The summed E-state index contributed by atoms with van der Waals surface area (Å²) in [7, 11) is 0. The number of amides is 1. The summed E-state index contributed by atoms with van der Waals surface area (Å²) in [6.45, 7) is 0. The minimum absolute atomic E-state index is 0.0373. The van der Waals surface area contributed by atoms with E-state index < -0.39 is 17.6 Å². The van der Waals surface area contributed by atoms with E-state index in [0.717, 1.165) is 6.07 Å². The first-order chi connectivity index (χ1) is 11.9. The number of hydrogen-bond acceptors (Lipinski definition) is 4. The van der Waals surface area contributed by atoms with Gasteiger partial charge in [-0.05, 0) is 24.3 Å². The number of para-hydroxylation sites is 3. The van der Waals surface area contributed by atoms with E-state index >= 15 is 0 Å². The fourth-order valence-corrected chi connectivity index (χ4v) is 2.97. The molecular formula is C17H13F3N2O2S. The van der Waals surface area contributed by atoms with Gasteiger partial charge in [-0.25, -0.2) is 4.98 Å². The van der Waals surface area contributed by atoms with Gasteiger partial charge in [0, 0.05) is 12.2 Å². The molecule has 0 spiro atoms. The van der Waals surface area contributed by atoms with Crippen molar-refractivity contribution in [3.8, 4) is 0 Å². The first-order valence-electron chi connectivity index (χ1n) is 7.38. The standard InChI is InChI=1S/C17H13F3N2O2S/c18-17(19,20)11-5-1-2-6-12(11)21-15(23)9-10-25-16-22-13-7-3-4-8-14(13)24-16/h1-8H,9-10H2,(H,21,23). The number of rotatable bonds is 5. The van der Waals surface area contributed by atoms with Crippen LogP contribution in [-0.4, -0.2) is 16.6 Å². The van der Waals surface area contributed by atoms with Crippen molar-refractivity contribution in [3.63, 3.8) is 0 Å². The zero-order chi connectivity index (χ0) is 17.9. The average molecular weight is 366 g/mol. The highest BCUT2D eigenvalue weighted by atomic mass is 32.2. The lowest BCUT2D eigenvalue weighted by atomic mass is 10.1. The molecule has 0 fully saturated rings. The number of fused-ring (bicyclic) bond motifs is 1. The van der Waals surface area contributed by atoms with Crippen LogP contribution in [0.15, 0.2) is 58.2 Å². The van der Waals surface area contributed by atoms with Gasteiger partial charge in [0.25, 0.3) is 5.22 Å². The Morgan fingerprint density at radius 3 is 2.60 bits per heavy atom. The van der Waals surface area contributed by atoms with Gasteiger partial charge in [0.2, 0.25) is 5.91 Å². The summed E-state index contributed by atoms with van der Waals surface area (Å²) >= 11 is 1.23. The number of hydrogen-bond donors (Lipinski definition) is 1. The molecule has 2 aromatic carbocycles. The summed E-state index contributed by atoms with van der Waals surface area (Å²) in [6, 6.07) is 12.1. The second-order valence-corrected chi connectivity index (χ2v) is 6.18. The first kappa shape index (κ1) is 17.3. The first-order valence-corrected chi connectivity index (χ1v) is 8.36. The Hall–Kier alpha value is -2.48. The number of alkyl halides is 3. The highest BCUT2D eigenvalue weighted by Gasteiger charge is 2.33. The van der Waals surface area contributed by atoms with Crippen molar-refractivity contribution in [3.05, 3.63) is 54.1 Å². The fourth-order valence-electron chi connectivity index (χ4n) is 2.20. The number of nitrogens with zero attached hydrogens (tertiary/aromatic N) is 1. The predicted molar refractivity (Wildman–Crippen MR) is 89.4 cm³/mol. The molecule has 0 saturated heterocycles. The summed E-state index contributed by atoms with van der Waals surface area (Å²) in [4.78, 5) is 16.2. The summed E-state index contributed by atoms with van der Waals surface area (Å²) < 4.78 is 44.2. The van der Waals surface area contributed by atoms with Crippen LogP contribution >= 0.6 is 11.8 Å². The molecule has 0 aliphatic carbocycles. The van der Waals surface area contributed by atoms with E-state index in [9.17, 15) is 18.0 Å². The van der Waals surface area contributed by atoms with Crippen molar-refractivity contribution in [2.24, 2.45) is 0 Å². The molecule has 3 aromatic rings. The Balaban J connectivity index is 1.57. The SMILES string of the molecule is O=C(CCSc1nc2ccccc2o1)Nc1ccccc1C(F)(F)F. The van der Waals surface area contributed by atoms with Crippen LogP contribution in [0.3, 0.4) is 0 Å². The minimum Gasteiger partial charge on any atom is -0.431 e. The molecule has 25 heavy (non-hydrogen) atoms. The van der Waals surface area contributed by atoms with E-state index in [2.05, 4.69) is 10.3 Å². The van der Waals surface area contributed by atoms with E-state index in [-0.39, 0.29) is 12.1 Å². The molecule has 0 atom stereocenters. The third-order valence-electron chi connectivity index (χ3n) is 3.34. The Morgan fingerprint density at radius 2 is 1.84 bits per heavy atom. The molecule has 130 valence electrons. The molecule has 1 aromatic heterocycles. The summed E-state index contributed by atoms with van der Waals surface area (Å²) in [5, 5.41) is 2.73. The summed E-state index contributed by atoms with van der Waals surface area (Å²) in [6.07, 6.45) is -4.48.